The third-order valence-electron chi connectivity index (χ3n) is 3.19. The van der Waals surface area contributed by atoms with Crippen LogP contribution in [0.25, 0.3) is 0 Å². The van der Waals surface area contributed by atoms with Crippen LogP contribution in [0.4, 0.5) is 0 Å². The minimum atomic E-state index is 0.0269. The van der Waals surface area contributed by atoms with E-state index in [1.165, 1.54) is 4.90 Å². The van der Waals surface area contributed by atoms with Crippen molar-refractivity contribution in [3.05, 3.63) is 58.6 Å². The van der Waals surface area contributed by atoms with E-state index in [2.05, 4.69) is 28.1 Å². The largest absolute Gasteiger partial charge is 0.497 e. The Hall–Kier alpha value is -1.46. The van der Waals surface area contributed by atoms with Crippen molar-refractivity contribution in [2.75, 3.05) is 26.5 Å². The lowest BCUT2D eigenvalue weighted by molar-refractivity contribution is 0.0803. The minimum absolute atomic E-state index is 0.0269. The highest BCUT2D eigenvalue weighted by atomic mass is 79.9. The van der Waals surface area contributed by atoms with Crippen LogP contribution in [0.15, 0.2) is 57.9 Å². The number of carbonyl (C=O) groups excluding carboxylic acids is 1. The molecule has 3 nitrogen and oxygen atoms in total. The molecule has 0 heterocycles. The number of hydrogen-bond acceptors (Lipinski definition) is 3. The molecule has 22 heavy (non-hydrogen) atoms. The molecule has 2 rings (SSSR count). The Morgan fingerprint density at radius 2 is 1.77 bits per heavy atom. The van der Waals surface area contributed by atoms with Crippen LogP contribution >= 0.6 is 27.7 Å². The van der Waals surface area contributed by atoms with E-state index in [1.54, 1.807) is 48.0 Å². The SMILES string of the molecule is COc1ccc(C(=O)N(C)CCSc2ccc(Br)cc2)cc1. The maximum Gasteiger partial charge on any atom is 0.253 e. The third-order valence-corrected chi connectivity index (χ3v) is 4.71. The molecule has 0 aliphatic heterocycles. The molecule has 0 aromatic heterocycles. The van der Waals surface area contributed by atoms with Crippen molar-refractivity contribution in [1.82, 2.24) is 4.90 Å². The molecule has 5 heteroatoms. The Morgan fingerprint density at radius 3 is 2.36 bits per heavy atom. The van der Waals surface area contributed by atoms with Crippen LogP contribution in [-0.2, 0) is 0 Å². The molecule has 0 saturated carbocycles. The fourth-order valence-corrected chi connectivity index (χ4v) is 3.08. The molecule has 116 valence electrons. The van der Waals surface area contributed by atoms with Gasteiger partial charge in [0.25, 0.3) is 5.91 Å². The average Bonchev–Trinajstić information content (AvgIpc) is 2.56. The van der Waals surface area contributed by atoms with Gasteiger partial charge < -0.3 is 9.64 Å². The topological polar surface area (TPSA) is 29.5 Å². The summed E-state index contributed by atoms with van der Waals surface area (Å²) in [6.45, 7) is 0.700. The molecule has 0 aliphatic rings. The van der Waals surface area contributed by atoms with Crippen molar-refractivity contribution in [1.29, 1.82) is 0 Å². The fraction of sp³-hybridized carbons (Fsp3) is 0.235. The first kappa shape index (κ1) is 16.9. The maximum absolute atomic E-state index is 12.3. The van der Waals surface area contributed by atoms with Crippen LogP contribution in [0.2, 0.25) is 0 Å². The number of amides is 1. The second kappa shape index (κ2) is 8.25. The molecule has 0 radical (unpaired) electrons. The van der Waals surface area contributed by atoms with Crippen molar-refractivity contribution in [2.24, 2.45) is 0 Å². The number of thioether (sulfide) groups is 1. The number of carbonyl (C=O) groups is 1. The van der Waals surface area contributed by atoms with Crippen molar-refractivity contribution >= 4 is 33.6 Å². The fourth-order valence-electron chi connectivity index (χ4n) is 1.89. The summed E-state index contributed by atoms with van der Waals surface area (Å²) in [4.78, 5) is 15.2. The van der Waals surface area contributed by atoms with Crippen LogP contribution in [0.5, 0.6) is 5.75 Å². The summed E-state index contributed by atoms with van der Waals surface area (Å²) >= 11 is 5.16. The molecular weight excluding hydrogens is 362 g/mol. The summed E-state index contributed by atoms with van der Waals surface area (Å²) in [5, 5.41) is 0. The molecule has 0 bridgehead atoms. The second-order valence-corrected chi connectivity index (χ2v) is 6.84. The summed E-state index contributed by atoms with van der Waals surface area (Å²) in [5.74, 6) is 1.64. The van der Waals surface area contributed by atoms with Gasteiger partial charge in [-0.15, -0.1) is 11.8 Å². The lowest BCUT2D eigenvalue weighted by atomic mass is 10.2. The number of rotatable bonds is 6. The minimum Gasteiger partial charge on any atom is -0.497 e. The van der Waals surface area contributed by atoms with E-state index in [0.29, 0.717) is 12.1 Å². The van der Waals surface area contributed by atoms with E-state index >= 15 is 0 Å². The van der Waals surface area contributed by atoms with Gasteiger partial charge >= 0.3 is 0 Å². The first-order valence-corrected chi connectivity index (χ1v) is 8.66. The first-order chi connectivity index (χ1) is 10.6. The molecule has 0 N–H and O–H groups in total. The molecule has 0 spiro atoms. The Kier molecular flexibility index (Phi) is 6.34. The molecule has 2 aromatic carbocycles. The van der Waals surface area contributed by atoms with Gasteiger partial charge in [-0.05, 0) is 48.5 Å². The van der Waals surface area contributed by atoms with Gasteiger partial charge in [0.2, 0.25) is 0 Å². The smallest absolute Gasteiger partial charge is 0.253 e. The van der Waals surface area contributed by atoms with Crippen molar-refractivity contribution in [3.8, 4) is 5.75 Å². The second-order valence-electron chi connectivity index (χ2n) is 4.76. The Balaban J connectivity index is 1.84. The van der Waals surface area contributed by atoms with Crippen molar-refractivity contribution in [3.63, 3.8) is 0 Å². The van der Waals surface area contributed by atoms with Gasteiger partial charge in [0.05, 0.1) is 7.11 Å². The normalized spacial score (nSPS) is 10.3. The van der Waals surface area contributed by atoms with Gasteiger partial charge in [-0.3, -0.25) is 4.79 Å². The number of nitrogens with zero attached hydrogens (tertiary/aromatic N) is 1. The summed E-state index contributed by atoms with van der Waals surface area (Å²) in [5.41, 5.74) is 0.678. The van der Waals surface area contributed by atoms with Crippen molar-refractivity contribution < 1.29 is 9.53 Å². The maximum atomic E-state index is 12.3. The molecule has 0 unspecified atom stereocenters. The molecule has 1 amide bonds. The summed E-state index contributed by atoms with van der Waals surface area (Å²) in [6, 6.07) is 15.4. The van der Waals surface area contributed by atoms with E-state index < -0.39 is 0 Å². The molecule has 0 aliphatic carbocycles. The third kappa shape index (κ3) is 4.78. The highest BCUT2D eigenvalue weighted by Crippen LogP contribution is 2.20. The van der Waals surface area contributed by atoms with Crippen molar-refractivity contribution in [2.45, 2.75) is 4.90 Å². The molecule has 0 fully saturated rings. The molecule has 0 saturated heterocycles. The predicted molar refractivity (Wildman–Crippen MR) is 94.8 cm³/mol. The van der Waals surface area contributed by atoms with Gasteiger partial charge in [0.15, 0.2) is 0 Å². The predicted octanol–water partition coefficient (Wildman–Crippen LogP) is 4.32. The van der Waals surface area contributed by atoms with E-state index in [9.17, 15) is 4.79 Å². The van der Waals surface area contributed by atoms with E-state index in [0.717, 1.165) is 16.0 Å². The van der Waals surface area contributed by atoms with Gasteiger partial charge in [0.1, 0.15) is 5.75 Å². The number of hydrogen-bond donors (Lipinski definition) is 0. The Bertz CT molecular complexity index is 614. The Labute approximate surface area is 143 Å². The molecule has 0 atom stereocenters. The van der Waals surface area contributed by atoms with E-state index in [-0.39, 0.29) is 5.91 Å². The summed E-state index contributed by atoms with van der Waals surface area (Å²) < 4.78 is 6.17. The van der Waals surface area contributed by atoms with E-state index in [1.807, 2.05) is 19.2 Å². The first-order valence-electron chi connectivity index (χ1n) is 6.88. The van der Waals surface area contributed by atoms with Gasteiger partial charge in [0, 0.05) is 34.3 Å². The molecular formula is C17H18BrNO2S. The van der Waals surface area contributed by atoms with Gasteiger partial charge in [-0.25, -0.2) is 0 Å². The summed E-state index contributed by atoms with van der Waals surface area (Å²) in [7, 11) is 3.44. The number of halogens is 1. The zero-order valence-corrected chi connectivity index (χ0v) is 15.0. The summed E-state index contributed by atoms with van der Waals surface area (Å²) in [6.07, 6.45) is 0. The number of methoxy groups -OCH3 is 1. The van der Waals surface area contributed by atoms with Crippen LogP contribution < -0.4 is 4.74 Å². The highest BCUT2D eigenvalue weighted by Gasteiger charge is 2.11. The average molecular weight is 380 g/mol. The van der Waals surface area contributed by atoms with Crippen LogP contribution in [0.3, 0.4) is 0 Å². The number of ether oxygens (including phenoxy) is 1. The number of benzene rings is 2. The zero-order valence-electron chi connectivity index (χ0n) is 12.6. The zero-order chi connectivity index (χ0) is 15.9. The quantitative estimate of drug-likeness (QED) is 0.699. The molecule has 2 aromatic rings. The lowest BCUT2D eigenvalue weighted by Crippen LogP contribution is -2.28. The van der Waals surface area contributed by atoms with E-state index in [4.69, 9.17) is 4.74 Å². The van der Waals surface area contributed by atoms with Gasteiger partial charge in [-0.2, -0.15) is 0 Å². The standard InChI is InChI=1S/C17H18BrNO2S/c1-19(11-12-22-16-9-5-14(18)6-10-16)17(20)13-3-7-15(21-2)8-4-13/h3-10H,11-12H2,1-2H3. The van der Waals surface area contributed by atoms with Gasteiger partial charge in [-0.1, -0.05) is 15.9 Å². The Morgan fingerprint density at radius 1 is 1.14 bits per heavy atom. The van der Waals surface area contributed by atoms with Crippen LogP contribution in [0.1, 0.15) is 10.4 Å². The van der Waals surface area contributed by atoms with Crippen LogP contribution in [-0.4, -0.2) is 37.3 Å². The monoisotopic (exact) mass is 379 g/mol. The highest BCUT2D eigenvalue weighted by molar-refractivity contribution is 9.10. The lowest BCUT2D eigenvalue weighted by Gasteiger charge is -2.17. The van der Waals surface area contributed by atoms with Crippen LogP contribution in [0, 0.1) is 0 Å².